The number of carbonyl (C=O) groups is 1. The first-order chi connectivity index (χ1) is 11.7. The van der Waals surface area contributed by atoms with E-state index in [1.807, 2.05) is 17.9 Å². The smallest absolute Gasteiger partial charge is 0.244 e. The molecule has 1 amide bonds. The molecule has 1 aliphatic heterocycles. The molecule has 1 saturated heterocycles. The normalized spacial score (nSPS) is 19.3. The van der Waals surface area contributed by atoms with Crippen LogP contribution in [-0.2, 0) is 11.3 Å². The number of rotatable bonds is 6. The largest absolute Gasteiger partial charge is 0.337 e. The first-order valence-corrected chi connectivity index (χ1v) is 8.48. The second-order valence-corrected chi connectivity index (χ2v) is 6.21. The van der Waals surface area contributed by atoms with Crippen molar-refractivity contribution >= 4 is 5.91 Å². The zero-order chi connectivity index (χ0) is 16.9. The van der Waals surface area contributed by atoms with Gasteiger partial charge in [-0.2, -0.15) is 0 Å². The molecule has 1 aromatic carbocycles. The van der Waals surface area contributed by atoms with E-state index in [0.29, 0.717) is 12.6 Å². The van der Waals surface area contributed by atoms with Gasteiger partial charge in [-0.3, -0.25) is 9.69 Å². The maximum absolute atomic E-state index is 12.6. The van der Waals surface area contributed by atoms with Gasteiger partial charge in [-0.05, 0) is 36.3 Å². The summed E-state index contributed by atoms with van der Waals surface area (Å²) in [6, 6.07) is 11.1. The second-order valence-electron chi connectivity index (χ2n) is 6.21. The molecule has 1 aliphatic rings. The Labute approximate surface area is 142 Å². The summed E-state index contributed by atoms with van der Waals surface area (Å²) in [7, 11) is 0. The molecule has 0 unspecified atom stereocenters. The molecule has 0 N–H and O–H groups in total. The highest BCUT2D eigenvalue weighted by Gasteiger charge is 2.32. The first-order valence-electron chi connectivity index (χ1n) is 8.48. The van der Waals surface area contributed by atoms with Gasteiger partial charge in [0.05, 0.1) is 0 Å². The van der Waals surface area contributed by atoms with Gasteiger partial charge in [0.25, 0.3) is 0 Å². The number of hydrogen-bond donors (Lipinski definition) is 0. The van der Waals surface area contributed by atoms with Crippen molar-refractivity contribution in [3.8, 4) is 0 Å². The lowest BCUT2D eigenvalue weighted by Crippen LogP contribution is -2.43. The van der Waals surface area contributed by atoms with Gasteiger partial charge in [-0.25, -0.2) is 4.68 Å². The second kappa shape index (κ2) is 7.53. The van der Waals surface area contributed by atoms with Gasteiger partial charge in [0, 0.05) is 31.7 Å². The highest BCUT2D eigenvalue weighted by molar-refractivity contribution is 5.76. The zero-order valence-electron chi connectivity index (χ0n) is 14.2. The molecule has 24 heavy (non-hydrogen) atoms. The molecule has 0 spiro atoms. The van der Waals surface area contributed by atoms with Gasteiger partial charge in [0.1, 0.15) is 12.9 Å². The number of hydrogen-bond acceptors (Lipinski definition) is 5. The molecule has 7 heteroatoms. The summed E-state index contributed by atoms with van der Waals surface area (Å²) >= 11 is 0. The third kappa shape index (κ3) is 3.62. The van der Waals surface area contributed by atoms with E-state index in [1.54, 1.807) is 0 Å². The third-order valence-electron chi connectivity index (χ3n) is 4.82. The van der Waals surface area contributed by atoms with Crippen molar-refractivity contribution in [2.75, 3.05) is 19.6 Å². The number of likely N-dealkylation sites (tertiary alicyclic amines) is 1. The van der Waals surface area contributed by atoms with Gasteiger partial charge in [0.15, 0.2) is 0 Å². The topological polar surface area (TPSA) is 67.2 Å². The fourth-order valence-corrected chi connectivity index (χ4v) is 3.44. The number of carbonyl (C=O) groups excluding carboxylic acids is 1. The lowest BCUT2D eigenvalue weighted by atomic mass is 10.1. The Morgan fingerprint density at radius 2 is 2.17 bits per heavy atom. The molecule has 0 saturated carbocycles. The Bertz CT molecular complexity index is 644. The Kier molecular flexibility index (Phi) is 5.20. The van der Waals surface area contributed by atoms with Crippen molar-refractivity contribution in [1.82, 2.24) is 30.0 Å². The van der Waals surface area contributed by atoms with Crippen molar-refractivity contribution in [3.63, 3.8) is 0 Å². The van der Waals surface area contributed by atoms with Gasteiger partial charge in [-0.1, -0.05) is 30.3 Å². The van der Waals surface area contributed by atoms with Crippen LogP contribution in [0.2, 0.25) is 0 Å². The van der Waals surface area contributed by atoms with Gasteiger partial charge >= 0.3 is 0 Å². The van der Waals surface area contributed by atoms with Crippen molar-refractivity contribution in [2.45, 2.75) is 38.9 Å². The summed E-state index contributed by atoms with van der Waals surface area (Å²) in [5.41, 5.74) is 1.32. The number of aromatic nitrogens is 4. The van der Waals surface area contributed by atoms with Crippen molar-refractivity contribution in [3.05, 3.63) is 42.2 Å². The monoisotopic (exact) mass is 328 g/mol. The minimum Gasteiger partial charge on any atom is -0.337 e. The molecular weight excluding hydrogens is 304 g/mol. The Hall–Kier alpha value is -2.28. The minimum atomic E-state index is 0.0732. The predicted octanol–water partition coefficient (Wildman–Crippen LogP) is 1.36. The van der Waals surface area contributed by atoms with Crippen LogP contribution in [0, 0.1) is 0 Å². The molecule has 2 heterocycles. The summed E-state index contributed by atoms with van der Waals surface area (Å²) in [6.45, 7) is 7.09. The molecule has 0 bridgehead atoms. The summed E-state index contributed by atoms with van der Waals surface area (Å²) in [5, 5.41) is 10.9. The number of benzene rings is 1. The maximum atomic E-state index is 12.6. The van der Waals surface area contributed by atoms with E-state index >= 15 is 0 Å². The Morgan fingerprint density at radius 3 is 2.83 bits per heavy atom. The number of tetrazole rings is 1. The van der Waals surface area contributed by atoms with Gasteiger partial charge in [0.2, 0.25) is 5.91 Å². The van der Waals surface area contributed by atoms with Crippen LogP contribution in [0.4, 0.5) is 0 Å². The van der Waals surface area contributed by atoms with Crippen LogP contribution < -0.4 is 0 Å². The molecule has 128 valence electrons. The first kappa shape index (κ1) is 16.6. The molecule has 2 aromatic rings. The molecular formula is C17H24N6O. The lowest BCUT2D eigenvalue weighted by molar-refractivity contribution is -0.134. The molecule has 1 aromatic heterocycles. The standard InChI is InChI=1S/C17H24N6O/c1-3-23(17(24)12-22-13-18-19-20-22)16-9-10-21(11-16)14(2)15-7-5-4-6-8-15/h4-8,13-14,16H,3,9-12H2,1-2H3/t14-,16-/m1/s1. The van der Waals surface area contributed by atoms with Crippen molar-refractivity contribution in [1.29, 1.82) is 0 Å². The highest BCUT2D eigenvalue weighted by Crippen LogP contribution is 2.26. The van der Waals surface area contributed by atoms with E-state index in [9.17, 15) is 4.79 Å². The quantitative estimate of drug-likeness (QED) is 0.801. The summed E-state index contributed by atoms with van der Waals surface area (Å²) < 4.78 is 1.48. The fraction of sp³-hybridized carbons (Fsp3) is 0.529. The van der Waals surface area contributed by atoms with Gasteiger partial charge in [-0.15, -0.1) is 5.10 Å². The number of nitrogens with zero attached hydrogens (tertiary/aromatic N) is 6. The fourth-order valence-electron chi connectivity index (χ4n) is 3.44. The van der Waals surface area contributed by atoms with Crippen LogP contribution in [-0.4, -0.2) is 61.6 Å². The lowest BCUT2D eigenvalue weighted by Gasteiger charge is -2.29. The minimum absolute atomic E-state index is 0.0732. The van der Waals surface area contributed by atoms with E-state index in [-0.39, 0.29) is 18.5 Å². The molecule has 2 atom stereocenters. The van der Waals surface area contributed by atoms with Crippen LogP contribution in [0.3, 0.4) is 0 Å². The molecule has 0 aliphatic carbocycles. The van der Waals surface area contributed by atoms with Crippen LogP contribution >= 0.6 is 0 Å². The van der Waals surface area contributed by atoms with Crippen LogP contribution in [0.25, 0.3) is 0 Å². The average molecular weight is 328 g/mol. The third-order valence-corrected chi connectivity index (χ3v) is 4.82. The van der Waals surface area contributed by atoms with E-state index in [1.165, 1.54) is 16.6 Å². The summed E-state index contributed by atoms with van der Waals surface area (Å²) in [6.07, 6.45) is 2.48. The summed E-state index contributed by atoms with van der Waals surface area (Å²) in [4.78, 5) is 17.0. The van der Waals surface area contributed by atoms with Crippen LogP contribution in [0.15, 0.2) is 36.7 Å². The zero-order valence-corrected chi connectivity index (χ0v) is 14.2. The van der Waals surface area contributed by atoms with Crippen LogP contribution in [0.1, 0.15) is 31.9 Å². The molecule has 7 nitrogen and oxygen atoms in total. The Morgan fingerprint density at radius 1 is 1.38 bits per heavy atom. The van der Waals surface area contributed by atoms with E-state index in [0.717, 1.165) is 19.5 Å². The molecule has 3 rings (SSSR count). The average Bonchev–Trinajstić information content (AvgIpc) is 3.28. The maximum Gasteiger partial charge on any atom is 0.244 e. The molecule has 1 fully saturated rings. The van der Waals surface area contributed by atoms with Crippen LogP contribution in [0.5, 0.6) is 0 Å². The summed E-state index contributed by atoms with van der Waals surface area (Å²) in [5.74, 6) is 0.0732. The predicted molar refractivity (Wildman–Crippen MR) is 90.0 cm³/mol. The highest BCUT2D eigenvalue weighted by atomic mass is 16.2. The number of amides is 1. The van der Waals surface area contributed by atoms with E-state index in [4.69, 9.17) is 0 Å². The van der Waals surface area contributed by atoms with E-state index in [2.05, 4.69) is 51.6 Å². The Balaban J connectivity index is 1.61. The molecule has 0 radical (unpaired) electrons. The number of likely N-dealkylation sites (N-methyl/N-ethyl adjacent to an activating group) is 1. The van der Waals surface area contributed by atoms with Crippen molar-refractivity contribution in [2.24, 2.45) is 0 Å². The van der Waals surface area contributed by atoms with Gasteiger partial charge < -0.3 is 4.90 Å². The van der Waals surface area contributed by atoms with Crippen molar-refractivity contribution < 1.29 is 4.79 Å². The van der Waals surface area contributed by atoms with E-state index < -0.39 is 0 Å². The SMILES string of the molecule is CCN(C(=O)Cn1cnnn1)[C@@H]1CCN([C@H](C)c2ccccc2)C1.